The summed E-state index contributed by atoms with van der Waals surface area (Å²) < 4.78 is 27.1. The van der Waals surface area contributed by atoms with Crippen molar-refractivity contribution in [2.75, 3.05) is 10.1 Å². The molecule has 0 radical (unpaired) electrons. The number of hydrazine groups is 1. The predicted octanol–water partition coefficient (Wildman–Crippen LogP) is 2.13. The Morgan fingerprint density at radius 2 is 2.00 bits per heavy atom. The first kappa shape index (κ1) is 14.6. The maximum atomic E-state index is 12.3. The molecule has 4 N–H and O–H groups in total. The Balaban J connectivity index is 2.38. The Hall–Kier alpha value is -1.83. The fraction of sp³-hybridized carbons (Fsp3) is 0.0833. The number of hydrogen-bond donors (Lipinski definition) is 3. The van der Waals surface area contributed by atoms with Gasteiger partial charge in [0, 0.05) is 17.3 Å². The molecule has 0 bridgehead atoms. The molecule has 0 saturated heterocycles. The third-order valence-electron chi connectivity index (χ3n) is 2.63. The monoisotopic (exact) mass is 312 g/mol. The molecule has 0 aliphatic heterocycles. The maximum absolute atomic E-state index is 12.3. The average Bonchev–Trinajstić information content (AvgIpc) is 2.43. The summed E-state index contributed by atoms with van der Waals surface area (Å²) in [5.74, 6) is 5.47. The van der Waals surface area contributed by atoms with E-state index in [1.807, 2.05) is 0 Å². The number of nitrogens with zero attached hydrogens (tertiary/aromatic N) is 1. The van der Waals surface area contributed by atoms with Gasteiger partial charge in [0.1, 0.15) is 5.82 Å². The van der Waals surface area contributed by atoms with E-state index in [1.165, 1.54) is 18.3 Å². The van der Waals surface area contributed by atoms with E-state index >= 15 is 0 Å². The van der Waals surface area contributed by atoms with E-state index in [0.29, 0.717) is 10.7 Å². The van der Waals surface area contributed by atoms with Crippen molar-refractivity contribution in [1.29, 1.82) is 0 Å². The van der Waals surface area contributed by atoms with E-state index in [4.69, 9.17) is 17.4 Å². The van der Waals surface area contributed by atoms with Crippen molar-refractivity contribution in [3.63, 3.8) is 0 Å². The van der Waals surface area contributed by atoms with Crippen LogP contribution in [0.15, 0.2) is 41.4 Å². The van der Waals surface area contributed by atoms with Crippen molar-refractivity contribution < 1.29 is 8.42 Å². The number of rotatable bonds is 4. The van der Waals surface area contributed by atoms with Crippen LogP contribution in [0, 0.1) is 6.92 Å². The van der Waals surface area contributed by atoms with Gasteiger partial charge in [-0.3, -0.25) is 4.72 Å². The van der Waals surface area contributed by atoms with Gasteiger partial charge in [-0.15, -0.1) is 0 Å². The molecule has 20 heavy (non-hydrogen) atoms. The standard InChI is InChI=1S/C12H13ClN4O2S/c1-8-2-3-9(13)6-11(8)17-20(18,19)10-4-5-15-12(7-10)16-14/h2-7,17H,14H2,1H3,(H,15,16). The van der Waals surface area contributed by atoms with Crippen molar-refractivity contribution in [1.82, 2.24) is 4.98 Å². The van der Waals surface area contributed by atoms with E-state index in [0.717, 1.165) is 5.56 Å². The van der Waals surface area contributed by atoms with Crippen LogP contribution < -0.4 is 16.0 Å². The summed E-state index contributed by atoms with van der Waals surface area (Å²) in [7, 11) is -3.73. The van der Waals surface area contributed by atoms with Gasteiger partial charge in [0.05, 0.1) is 10.6 Å². The molecule has 1 aromatic heterocycles. The van der Waals surface area contributed by atoms with Gasteiger partial charge in [0.15, 0.2) is 0 Å². The summed E-state index contributed by atoms with van der Waals surface area (Å²) in [6, 6.07) is 7.69. The zero-order valence-corrected chi connectivity index (χ0v) is 12.2. The SMILES string of the molecule is Cc1ccc(Cl)cc1NS(=O)(=O)c1ccnc(NN)c1. The zero-order valence-electron chi connectivity index (χ0n) is 10.6. The van der Waals surface area contributed by atoms with Gasteiger partial charge in [-0.25, -0.2) is 19.2 Å². The number of anilines is 2. The van der Waals surface area contributed by atoms with Gasteiger partial charge in [-0.05, 0) is 30.7 Å². The first-order valence-electron chi connectivity index (χ1n) is 5.64. The summed E-state index contributed by atoms with van der Waals surface area (Å²) in [5, 5.41) is 0.451. The molecule has 0 aliphatic carbocycles. The first-order chi connectivity index (χ1) is 9.42. The number of nitrogen functional groups attached to an aromatic ring is 1. The van der Waals surface area contributed by atoms with Crippen LogP contribution in [-0.4, -0.2) is 13.4 Å². The van der Waals surface area contributed by atoms with Crippen LogP contribution in [0.4, 0.5) is 11.5 Å². The highest BCUT2D eigenvalue weighted by Crippen LogP contribution is 2.23. The largest absolute Gasteiger partial charge is 0.308 e. The molecule has 0 aliphatic rings. The summed E-state index contributed by atoms with van der Waals surface area (Å²) >= 11 is 5.87. The molecule has 0 saturated carbocycles. The average molecular weight is 313 g/mol. The summed E-state index contributed by atoms with van der Waals surface area (Å²) in [5.41, 5.74) is 3.49. The van der Waals surface area contributed by atoms with Crippen LogP contribution in [0.1, 0.15) is 5.56 Å². The van der Waals surface area contributed by atoms with E-state index < -0.39 is 10.0 Å². The fourth-order valence-corrected chi connectivity index (χ4v) is 2.87. The van der Waals surface area contributed by atoms with Gasteiger partial charge in [0.25, 0.3) is 10.0 Å². The quantitative estimate of drug-likeness (QED) is 0.593. The molecule has 0 amide bonds. The lowest BCUT2D eigenvalue weighted by molar-refractivity contribution is 0.601. The lowest BCUT2D eigenvalue weighted by Crippen LogP contribution is -2.15. The Morgan fingerprint density at radius 1 is 1.25 bits per heavy atom. The van der Waals surface area contributed by atoms with Crippen molar-refractivity contribution in [3.8, 4) is 0 Å². The normalized spacial score (nSPS) is 11.2. The number of nitrogens with two attached hydrogens (primary N) is 1. The maximum Gasteiger partial charge on any atom is 0.262 e. The van der Waals surface area contributed by atoms with Crippen molar-refractivity contribution in [2.45, 2.75) is 11.8 Å². The predicted molar refractivity (Wildman–Crippen MR) is 79.0 cm³/mol. The van der Waals surface area contributed by atoms with E-state index in [2.05, 4.69) is 15.1 Å². The molecule has 0 fully saturated rings. The molecule has 0 atom stereocenters. The van der Waals surface area contributed by atoms with Crippen LogP contribution >= 0.6 is 11.6 Å². The van der Waals surface area contributed by atoms with Gasteiger partial charge < -0.3 is 5.43 Å². The molecular weight excluding hydrogens is 300 g/mol. The van der Waals surface area contributed by atoms with E-state index in [1.54, 1.807) is 25.1 Å². The second-order valence-corrected chi connectivity index (χ2v) is 6.20. The Labute approximate surface area is 122 Å². The molecule has 6 nitrogen and oxygen atoms in total. The number of hydrogen-bond acceptors (Lipinski definition) is 5. The molecule has 106 valence electrons. The van der Waals surface area contributed by atoms with Crippen molar-refractivity contribution in [2.24, 2.45) is 5.84 Å². The summed E-state index contributed by atoms with van der Waals surface area (Å²) in [4.78, 5) is 3.92. The second-order valence-electron chi connectivity index (χ2n) is 4.09. The number of aryl methyl sites for hydroxylation is 1. The molecule has 0 spiro atoms. The van der Waals surface area contributed by atoms with Gasteiger partial charge in [0.2, 0.25) is 0 Å². The van der Waals surface area contributed by atoms with Crippen LogP contribution in [0.25, 0.3) is 0 Å². The fourth-order valence-electron chi connectivity index (χ4n) is 1.57. The molecule has 1 heterocycles. The number of nitrogens with one attached hydrogen (secondary N) is 2. The first-order valence-corrected chi connectivity index (χ1v) is 7.50. The van der Waals surface area contributed by atoms with Crippen LogP contribution in [0.3, 0.4) is 0 Å². The third kappa shape index (κ3) is 3.19. The van der Waals surface area contributed by atoms with Crippen LogP contribution in [-0.2, 0) is 10.0 Å². The third-order valence-corrected chi connectivity index (χ3v) is 4.23. The Kier molecular flexibility index (Phi) is 4.12. The highest BCUT2D eigenvalue weighted by Gasteiger charge is 2.16. The minimum Gasteiger partial charge on any atom is -0.308 e. The number of halogens is 1. The molecule has 0 unspecified atom stereocenters. The van der Waals surface area contributed by atoms with Gasteiger partial charge in [-0.1, -0.05) is 17.7 Å². The van der Waals surface area contributed by atoms with Crippen molar-refractivity contribution >= 4 is 33.1 Å². The lowest BCUT2D eigenvalue weighted by Gasteiger charge is -2.11. The number of aromatic nitrogens is 1. The Bertz CT molecular complexity index is 734. The molecule has 8 heteroatoms. The van der Waals surface area contributed by atoms with Crippen LogP contribution in [0.5, 0.6) is 0 Å². The van der Waals surface area contributed by atoms with E-state index in [9.17, 15) is 8.42 Å². The summed E-state index contributed by atoms with van der Waals surface area (Å²) in [6.07, 6.45) is 1.36. The highest BCUT2D eigenvalue weighted by atomic mass is 35.5. The summed E-state index contributed by atoms with van der Waals surface area (Å²) in [6.45, 7) is 1.79. The topological polar surface area (TPSA) is 97.1 Å². The Morgan fingerprint density at radius 3 is 2.70 bits per heavy atom. The molecule has 1 aromatic carbocycles. The number of pyridine rings is 1. The number of benzene rings is 1. The van der Waals surface area contributed by atoms with Crippen molar-refractivity contribution in [3.05, 3.63) is 47.1 Å². The zero-order chi connectivity index (χ0) is 14.8. The lowest BCUT2D eigenvalue weighted by atomic mass is 10.2. The van der Waals surface area contributed by atoms with E-state index in [-0.39, 0.29) is 10.7 Å². The molecular formula is C12H13ClN4O2S. The molecule has 2 rings (SSSR count). The minimum atomic E-state index is -3.73. The molecule has 2 aromatic rings. The second kappa shape index (κ2) is 5.66. The van der Waals surface area contributed by atoms with Gasteiger partial charge in [-0.2, -0.15) is 0 Å². The highest BCUT2D eigenvalue weighted by molar-refractivity contribution is 7.92. The minimum absolute atomic E-state index is 0.0554. The van der Waals surface area contributed by atoms with Gasteiger partial charge >= 0.3 is 0 Å². The smallest absolute Gasteiger partial charge is 0.262 e. The number of sulfonamides is 1. The van der Waals surface area contributed by atoms with Crippen LogP contribution in [0.2, 0.25) is 5.02 Å².